The van der Waals surface area contributed by atoms with Gasteiger partial charge < -0.3 is 4.90 Å². The summed E-state index contributed by atoms with van der Waals surface area (Å²) in [7, 11) is 3.09. The van der Waals surface area contributed by atoms with E-state index in [-0.39, 0.29) is 5.28 Å². The van der Waals surface area contributed by atoms with Crippen LogP contribution in [0.5, 0.6) is 0 Å². The lowest BCUT2D eigenvalue weighted by molar-refractivity contribution is 0.487. The Bertz CT molecular complexity index is 216. The molecule has 0 aromatic rings. The molecule has 0 rings (SSSR count). The van der Waals surface area contributed by atoms with Crippen LogP contribution in [0.4, 0.5) is 0 Å². The molecular formula is C13H29N2P. The minimum absolute atomic E-state index is 0.169. The maximum atomic E-state index is 4.94. The van der Waals surface area contributed by atoms with Crippen LogP contribution in [0.3, 0.4) is 0 Å². The van der Waals surface area contributed by atoms with E-state index in [1.165, 1.54) is 24.8 Å². The van der Waals surface area contributed by atoms with E-state index in [0.717, 1.165) is 21.5 Å². The molecule has 2 atom stereocenters. The first-order valence-electron chi connectivity index (χ1n) is 6.51. The van der Waals surface area contributed by atoms with E-state index in [0.29, 0.717) is 0 Å². The molecule has 0 aromatic carbocycles. The van der Waals surface area contributed by atoms with Gasteiger partial charge in [-0.1, -0.05) is 35.8 Å². The minimum Gasteiger partial charge on any atom is -0.364 e. The Morgan fingerprint density at radius 3 is 2.31 bits per heavy atom. The standard InChI is InChI=1S/C13H29N2P/c1-7-10-15(6)12(4)14-13(5,9-3)16-11-8-2/h16H,7-11H2,1-6H3. The molecule has 2 nitrogen and oxygen atoms in total. The fourth-order valence-corrected chi connectivity index (χ4v) is 2.86. The van der Waals surface area contributed by atoms with Crippen molar-refractivity contribution in [3.8, 4) is 0 Å². The Kier molecular flexibility index (Phi) is 8.01. The predicted molar refractivity (Wildman–Crippen MR) is 78.2 cm³/mol. The van der Waals surface area contributed by atoms with Crippen molar-refractivity contribution in [2.24, 2.45) is 4.99 Å². The molecule has 0 radical (unpaired) electrons. The van der Waals surface area contributed by atoms with Crippen LogP contribution in [-0.4, -0.2) is 35.8 Å². The molecule has 0 fully saturated rings. The highest BCUT2D eigenvalue weighted by molar-refractivity contribution is 7.39. The molecule has 0 aliphatic heterocycles. The second kappa shape index (κ2) is 8.06. The van der Waals surface area contributed by atoms with Gasteiger partial charge in [0.2, 0.25) is 0 Å². The van der Waals surface area contributed by atoms with E-state index in [2.05, 4.69) is 46.6 Å². The Morgan fingerprint density at radius 1 is 1.25 bits per heavy atom. The van der Waals surface area contributed by atoms with Gasteiger partial charge in [0.05, 0.1) is 11.1 Å². The van der Waals surface area contributed by atoms with E-state index >= 15 is 0 Å². The molecule has 0 heterocycles. The Labute approximate surface area is 104 Å². The molecule has 0 saturated carbocycles. The summed E-state index contributed by atoms with van der Waals surface area (Å²) >= 11 is 0. The predicted octanol–water partition coefficient (Wildman–Crippen LogP) is 3.96. The lowest BCUT2D eigenvalue weighted by Gasteiger charge is -2.27. The van der Waals surface area contributed by atoms with Crippen LogP contribution in [0.2, 0.25) is 0 Å². The molecule has 0 spiro atoms. The van der Waals surface area contributed by atoms with Crippen molar-refractivity contribution >= 4 is 14.4 Å². The van der Waals surface area contributed by atoms with Crippen molar-refractivity contribution < 1.29 is 0 Å². The molecular weight excluding hydrogens is 215 g/mol. The number of hydrogen-bond acceptors (Lipinski definition) is 1. The van der Waals surface area contributed by atoms with Crippen LogP contribution in [-0.2, 0) is 0 Å². The van der Waals surface area contributed by atoms with Crippen molar-refractivity contribution in [1.29, 1.82) is 0 Å². The van der Waals surface area contributed by atoms with E-state index in [4.69, 9.17) is 4.99 Å². The molecule has 0 N–H and O–H groups in total. The average molecular weight is 244 g/mol. The van der Waals surface area contributed by atoms with E-state index in [1.54, 1.807) is 0 Å². The molecule has 0 aromatic heterocycles. The van der Waals surface area contributed by atoms with Crippen LogP contribution in [0.25, 0.3) is 0 Å². The molecule has 0 aliphatic carbocycles. The zero-order valence-electron chi connectivity index (χ0n) is 11.9. The van der Waals surface area contributed by atoms with Gasteiger partial charge in [0.1, 0.15) is 0 Å². The van der Waals surface area contributed by atoms with Gasteiger partial charge in [-0.15, -0.1) is 0 Å². The number of aliphatic imine (C=N–C) groups is 1. The van der Waals surface area contributed by atoms with Gasteiger partial charge in [-0.25, -0.2) is 0 Å². The highest BCUT2D eigenvalue weighted by atomic mass is 31.1. The molecule has 0 aliphatic rings. The van der Waals surface area contributed by atoms with Crippen molar-refractivity contribution in [3.05, 3.63) is 0 Å². The fraction of sp³-hybridized carbons (Fsp3) is 0.923. The third-order valence-electron chi connectivity index (χ3n) is 2.96. The van der Waals surface area contributed by atoms with Crippen molar-refractivity contribution in [1.82, 2.24) is 4.90 Å². The normalized spacial score (nSPS) is 16.8. The van der Waals surface area contributed by atoms with Crippen LogP contribution < -0.4 is 0 Å². The SMILES string of the molecule is CCCPC(C)(CC)N=C(C)N(C)CCC. The van der Waals surface area contributed by atoms with Crippen LogP contribution in [0.1, 0.15) is 53.9 Å². The van der Waals surface area contributed by atoms with Crippen LogP contribution in [0, 0.1) is 0 Å². The molecule has 0 saturated heterocycles. The zero-order chi connectivity index (χ0) is 12.6. The van der Waals surface area contributed by atoms with Gasteiger partial charge in [0.25, 0.3) is 0 Å². The third kappa shape index (κ3) is 5.84. The first-order valence-corrected chi connectivity index (χ1v) is 7.72. The lowest BCUT2D eigenvalue weighted by atomic mass is 10.2. The smallest absolute Gasteiger partial charge is 0.0966 e. The quantitative estimate of drug-likeness (QED) is 0.376. The topological polar surface area (TPSA) is 15.6 Å². The first kappa shape index (κ1) is 15.9. The fourth-order valence-electron chi connectivity index (χ4n) is 1.58. The maximum absolute atomic E-state index is 4.94. The van der Waals surface area contributed by atoms with Crippen LogP contribution in [0.15, 0.2) is 4.99 Å². The number of rotatable bonds is 7. The minimum atomic E-state index is 0.169. The van der Waals surface area contributed by atoms with E-state index < -0.39 is 0 Å². The Balaban J connectivity index is 4.51. The summed E-state index contributed by atoms with van der Waals surface area (Å²) in [5.74, 6) is 1.19. The number of hydrogen-bond donors (Lipinski definition) is 0. The second-order valence-electron chi connectivity index (χ2n) is 4.63. The van der Waals surface area contributed by atoms with Crippen molar-refractivity contribution in [2.45, 2.75) is 59.2 Å². The van der Waals surface area contributed by atoms with Crippen molar-refractivity contribution in [2.75, 3.05) is 19.8 Å². The van der Waals surface area contributed by atoms with Crippen molar-refractivity contribution in [3.63, 3.8) is 0 Å². The molecule has 0 bridgehead atoms. The molecule has 2 unspecified atom stereocenters. The Morgan fingerprint density at radius 2 is 1.88 bits per heavy atom. The summed E-state index contributed by atoms with van der Waals surface area (Å²) in [6, 6.07) is 0. The summed E-state index contributed by atoms with van der Waals surface area (Å²) in [5, 5.41) is 0.169. The summed E-state index contributed by atoms with van der Waals surface area (Å²) in [6.45, 7) is 12.3. The largest absolute Gasteiger partial charge is 0.364 e. The number of nitrogens with zero attached hydrogens (tertiary/aromatic N) is 2. The first-order chi connectivity index (χ1) is 7.49. The van der Waals surface area contributed by atoms with Gasteiger partial charge in [-0.05, 0) is 32.9 Å². The Hall–Kier alpha value is -0.100. The van der Waals surface area contributed by atoms with E-state index in [9.17, 15) is 0 Å². The summed E-state index contributed by atoms with van der Waals surface area (Å²) in [5.41, 5.74) is 0. The van der Waals surface area contributed by atoms with Crippen LogP contribution >= 0.6 is 8.58 Å². The average Bonchev–Trinajstić information content (AvgIpc) is 2.26. The molecule has 96 valence electrons. The van der Waals surface area contributed by atoms with Gasteiger partial charge in [0, 0.05) is 13.6 Å². The molecule has 3 heteroatoms. The zero-order valence-corrected chi connectivity index (χ0v) is 12.9. The van der Waals surface area contributed by atoms with Gasteiger partial charge in [0.15, 0.2) is 0 Å². The van der Waals surface area contributed by atoms with E-state index in [1.807, 2.05) is 0 Å². The lowest BCUT2D eigenvalue weighted by Crippen LogP contribution is -2.28. The monoisotopic (exact) mass is 244 g/mol. The highest BCUT2D eigenvalue weighted by Gasteiger charge is 2.20. The number of amidine groups is 1. The highest BCUT2D eigenvalue weighted by Crippen LogP contribution is 2.36. The molecule has 0 amide bonds. The maximum Gasteiger partial charge on any atom is 0.0966 e. The summed E-state index contributed by atoms with van der Waals surface area (Å²) in [4.78, 5) is 7.21. The second-order valence-corrected chi connectivity index (χ2v) is 6.57. The third-order valence-corrected chi connectivity index (χ3v) is 4.94. The van der Waals surface area contributed by atoms with Gasteiger partial charge in [-0.3, -0.25) is 4.99 Å². The summed E-state index contributed by atoms with van der Waals surface area (Å²) < 4.78 is 0. The van der Waals surface area contributed by atoms with Gasteiger partial charge in [-0.2, -0.15) is 0 Å². The molecule has 16 heavy (non-hydrogen) atoms. The summed E-state index contributed by atoms with van der Waals surface area (Å²) in [6.07, 6.45) is 4.90. The van der Waals surface area contributed by atoms with Gasteiger partial charge >= 0.3 is 0 Å².